The van der Waals surface area contributed by atoms with E-state index in [1.807, 2.05) is 0 Å². The number of esters is 3. The molecule has 0 saturated heterocycles. The Morgan fingerprint density at radius 3 is 0.806 bits per heavy atom. The van der Waals surface area contributed by atoms with E-state index in [2.05, 4.69) is 32.9 Å². The molecule has 0 saturated carbocycles. The first-order chi connectivity index (χ1) is 30.5. The Morgan fingerprint density at radius 2 is 0.532 bits per heavy atom. The van der Waals surface area contributed by atoms with E-state index >= 15 is 0 Å². The number of hydrogen-bond donors (Lipinski definition) is 0. The van der Waals surface area contributed by atoms with Crippen molar-refractivity contribution in [2.24, 2.45) is 0 Å². The second-order valence-corrected chi connectivity index (χ2v) is 18.9. The maximum absolute atomic E-state index is 12.8. The third-order valence-electron chi connectivity index (χ3n) is 12.5. The molecular weight excluding hydrogens is 769 g/mol. The van der Waals surface area contributed by atoms with Gasteiger partial charge in [0.05, 0.1) is 0 Å². The van der Waals surface area contributed by atoms with Gasteiger partial charge in [0, 0.05) is 19.3 Å². The Labute approximate surface area is 386 Å². The molecule has 0 aliphatic rings. The SMILES string of the molecule is CCCCCCC/C=C\CCCCCCCCCC(=O)O[C@H](COC(=O)CCCCCCCCCCCCCCC)COC(=O)CCCCCCCCCCCCCCCCC. The van der Waals surface area contributed by atoms with Gasteiger partial charge in [0.15, 0.2) is 6.10 Å². The highest BCUT2D eigenvalue weighted by molar-refractivity contribution is 5.71. The van der Waals surface area contributed by atoms with Gasteiger partial charge >= 0.3 is 17.9 Å². The highest BCUT2D eigenvalue weighted by Gasteiger charge is 2.19. The predicted octanol–water partition coefficient (Wildman–Crippen LogP) is 18.2. The van der Waals surface area contributed by atoms with Gasteiger partial charge in [-0.3, -0.25) is 14.4 Å². The largest absolute Gasteiger partial charge is 0.462 e. The van der Waals surface area contributed by atoms with Crippen molar-refractivity contribution in [3.05, 3.63) is 12.2 Å². The van der Waals surface area contributed by atoms with Gasteiger partial charge in [-0.2, -0.15) is 0 Å². The topological polar surface area (TPSA) is 78.9 Å². The van der Waals surface area contributed by atoms with Crippen LogP contribution in [0.3, 0.4) is 0 Å². The Hall–Kier alpha value is -1.85. The third-order valence-corrected chi connectivity index (χ3v) is 12.5. The summed E-state index contributed by atoms with van der Waals surface area (Å²) in [5.41, 5.74) is 0. The summed E-state index contributed by atoms with van der Waals surface area (Å²) in [6, 6.07) is 0. The number of allylic oxidation sites excluding steroid dienone is 2. The average Bonchev–Trinajstić information content (AvgIpc) is 3.27. The number of rotatable bonds is 51. The summed E-state index contributed by atoms with van der Waals surface area (Å²) in [7, 11) is 0. The standard InChI is InChI=1S/C56H106O6/c1-4-7-10-13-16-19-22-25-27-29-32-35-38-41-44-47-50-56(59)62-53(51-60-54(57)48-45-42-39-36-33-30-24-21-18-15-12-9-6-3)52-61-55(58)49-46-43-40-37-34-31-28-26-23-20-17-14-11-8-5-2/h22,25,53H,4-21,23-24,26-52H2,1-3H3/b25-22-/t53-/m1/s1. The lowest BCUT2D eigenvalue weighted by Gasteiger charge is -2.18. The average molecular weight is 875 g/mol. The first-order valence-corrected chi connectivity index (χ1v) is 27.7. The molecule has 62 heavy (non-hydrogen) atoms. The third kappa shape index (κ3) is 49.2. The quantitative estimate of drug-likeness (QED) is 0.0262. The zero-order valence-corrected chi connectivity index (χ0v) is 41.9. The molecule has 6 nitrogen and oxygen atoms in total. The van der Waals surface area contributed by atoms with E-state index in [9.17, 15) is 14.4 Å². The molecule has 0 N–H and O–H groups in total. The van der Waals surface area contributed by atoms with E-state index in [0.717, 1.165) is 57.8 Å². The van der Waals surface area contributed by atoms with Crippen molar-refractivity contribution in [3.63, 3.8) is 0 Å². The molecule has 366 valence electrons. The van der Waals surface area contributed by atoms with Gasteiger partial charge in [-0.05, 0) is 44.9 Å². The Kier molecular flexibility index (Phi) is 50.2. The summed E-state index contributed by atoms with van der Waals surface area (Å²) in [6.07, 6.45) is 57.6. The van der Waals surface area contributed by atoms with Gasteiger partial charge in [-0.1, -0.05) is 258 Å². The Balaban J connectivity index is 4.32. The van der Waals surface area contributed by atoms with Crippen LogP contribution in [0.4, 0.5) is 0 Å². The molecule has 0 bridgehead atoms. The number of unbranched alkanes of at least 4 members (excludes halogenated alkanes) is 38. The molecule has 1 atom stereocenters. The summed E-state index contributed by atoms with van der Waals surface area (Å²) in [6.45, 7) is 6.67. The normalized spacial score (nSPS) is 12.0. The fourth-order valence-electron chi connectivity index (χ4n) is 8.32. The molecule has 0 rings (SSSR count). The maximum Gasteiger partial charge on any atom is 0.306 e. The highest BCUT2D eigenvalue weighted by Crippen LogP contribution is 2.17. The molecule has 0 fully saturated rings. The van der Waals surface area contributed by atoms with Crippen molar-refractivity contribution in [1.29, 1.82) is 0 Å². The molecule has 0 radical (unpaired) electrons. The number of carbonyl (C=O) groups is 3. The van der Waals surface area contributed by atoms with Gasteiger partial charge in [-0.15, -0.1) is 0 Å². The van der Waals surface area contributed by atoms with Crippen LogP contribution < -0.4 is 0 Å². The van der Waals surface area contributed by atoms with Crippen LogP contribution >= 0.6 is 0 Å². The molecular formula is C56H106O6. The van der Waals surface area contributed by atoms with Crippen LogP contribution in [-0.2, 0) is 28.6 Å². The van der Waals surface area contributed by atoms with Crippen molar-refractivity contribution < 1.29 is 28.6 Å². The summed E-state index contributed by atoms with van der Waals surface area (Å²) in [4.78, 5) is 38.0. The number of hydrogen-bond acceptors (Lipinski definition) is 6. The van der Waals surface area contributed by atoms with Gasteiger partial charge in [0.1, 0.15) is 13.2 Å². The van der Waals surface area contributed by atoms with Crippen LogP contribution in [0.5, 0.6) is 0 Å². The van der Waals surface area contributed by atoms with Gasteiger partial charge < -0.3 is 14.2 Å². The monoisotopic (exact) mass is 875 g/mol. The van der Waals surface area contributed by atoms with E-state index in [0.29, 0.717) is 19.3 Å². The van der Waals surface area contributed by atoms with Gasteiger partial charge in [0.2, 0.25) is 0 Å². The summed E-state index contributed by atoms with van der Waals surface area (Å²) < 4.78 is 16.8. The van der Waals surface area contributed by atoms with Crippen LogP contribution in [0.15, 0.2) is 12.2 Å². The van der Waals surface area contributed by atoms with Crippen molar-refractivity contribution >= 4 is 17.9 Å². The minimum absolute atomic E-state index is 0.0660. The van der Waals surface area contributed by atoms with Crippen molar-refractivity contribution in [3.8, 4) is 0 Å². The van der Waals surface area contributed by atoms with E-state index < -0.39 is 6.10 Å². The Morgan fingerprint density at radius 1 is 0.306 bits per heavy atom. The molecule has 0 aromatic rings. The van der Waals surface area contributed by atoms with Crippen LogP contribution in [-0.4, -0.2) is 37.2 Å². The molecule has 0 heterocycles. The van der Waals surface area contributed by atoms with Gasteiger partial charge in [-0.25, -0.2) is 0 Å². The summed E-state index contributed by atoms with van der Waals surface area (Å²) in [5.74, 6) is -0.849. The zero-order chi connectivity index (χ0) is 45.1. The van der Waals surface area contributed by atoms with Crippen molar-refractivity contribution in [2.45, 2.75) is 316 Å². The lowest BCUT2D eigenvalue weighted by atomic mass is 10.0. The van der Waals surface area contributed by atoms with Crippen LogP contribution in [0, 0.1) is 0 Å². The highest BCUT2D eigenvalue weighted by atomic mass is 16.6. The molecule has 0 aromatic carbocycles. The number of ether oxygens (including phenoxy) is 3. The lowest BCUT2D eigenvalue weighted by Crippen LogP contribution is -2.30. The second-order valence-electron chi connectivity index (χ2n) is 18.9. The Bertz CT molecular complexity index is 962. The first-order valence-electron chi connectivity index (χ1n) is 27.7. The summed E-state index contributed by atoms with van der Waals surface area (Å²) >= 11 is 0. The molecule has 0 aliphatic heterocycles. The predicted molar refractivity (Wildman–Crippen MR) is 266 cm³/mol. The molecule has 6 heteroatoms. The molecule has 0 aromatic heterocycles. The van der Waals surface area contributed by atoms with E-state index in [4.69, 9.17) is 14.2 Å². The first kappa shape index (κ1) is 60.2. The van der Waals surface area contributed by atoms with Gasteiger partial charge in [0.25, 0.3) is 0 Å². The van der Waals surface area contributed by atoms with Crippen LogP contribution in [0.1, 0.15) is 310 Å². The van der Waals surface area contributed by atoms with E-state index in [1.165, 1.54) is 212 Å². The summed E-state index contributed by atoms with van der Waals surface area (Å²) in [5, 5.41) is 0. The minimum atomic E-state index is -0.766. The van der Waals surface area contributed by atoms with Crippen LogP contribution in [0.25, 0.3) is 0 Å². The molecule has 0 unspecified atom stereocenters. The minimum Gasteiger partial charge on any atom is -0.462 e. The second kappa shape index (κ2) is 51.8. The fraction of sp³-hybridized carbons (Fsp3) is 0.911. The smallest absolute Gasteiger partial charge is 0.306 e. The van der Waals surface area contributed by atoms with E-state index in [-0.39, 0.29) is 31.1 Å². The van der Waals surface area contributed by atoms with Crippen molar-refractivity contribution in [2.75, 3.05) is 13.2 Å². The number of carbonyl (C=O) groups excluding carboxylic acids is 3. The van der Waals surface area contributed by atoms with E-state index in [1.54, 1.807) is 0 Å². The van der Waals surface area contributed by atoms with Crippen molar-refractivity contribution in [1.82, 2.24) is 0 Å². The van der Waals surface area contributed by atoms with Crippen LogP contribution in [0.2, 0.25) is 0 Å². The molecule has 0 spiro atoms. The lowest BCUT2D eigenvalue weighted by molar-refractivity contribution is -0.167. The fourth-order valence-corrected chi connectivity index (χ4v) is 8.32. The maximum atomic E-state index is 12.8. The molecule has 0 amide bonds. The molecule has 0 aliphatic carbocycles. The zero-order valence-electron chi connectivity index (χ0n) is 41.9.